The molecule has 1 amide bonds. The van der Waals surface area contributed by atoms with Crippen LogP contribution in [0.25, 0.3) is 0 Å². The molecule has 6 nitrogen and oxygen atoms in total. The topological polar surface area (TPSA) is 76.8 Å². The highest BCUT2D eigenvalue weighted by molar-refractivity contribution is 5.79. The van der Waals surface area contributed by atoms with Crippen molar-refractivity contribution in [2.45, 2.75) is 57.7 Å². The van der Waals surface area contributed by atoms with E-state index in [2.05, 4.69) is 17.1 Å². The van der Waals surface area contributed by atoms with Gasteiger partial charge in [0.1, 0.15) is 5.75 Å². The average molecular weight is 390 g/mol. The number of nitrogens with two attached hydrogens (primary N) is 1. The molecule has 156 valence electrons. The Morgan fingerprint density at radius 1 is 1.21 bits per heavy atom. The zero-order valence-corrected chi connectivity index (χ0v) is 17.1. The van der Waals surface area contributed by atoms with Crippen LogP contribution in [-0.2, 0) is 16.1 Å². The molecule has 2 fully saturated rings. The molecule has 2 atom stereocenters. The zero-order valence-electron chi connectivity index (χ0n) is 17.1. The molecule has 0 spiro atoms. The van der Waals surface area contributed by atoms with Crippen LogP contribution in [0.5, 0.6) is 5.75 Å². The molecule has 0 bridgehead atoms. The lowest BCUT2D eigenvalue weighted by Crippen LogP contribution is -2.47. The Kier molecular flexibility index (Phi) is 8.13. The third-order valence-electron chi connectivity index (χ3n) is 5.78. The Labute approximate surface area is 168 Å². The molecule has 0 unspecified atom stereocenters. The van der Waals surface area contributed by atoms with Crippen molar-refractivity contribution in [1.29, 1.82) is 0 Å². The second-order valence-corrected chi connectivity index (χ2v) is 8.01. The van der Waals surface area contributed by atoms with Gasteiger partial charge in [0.15, 0.2) is 0 Å². The van der Waals surface area contributed by atoms with E-state index in [-0.39, 0.29) is 17.9 Å². The number of para-hydroxylation sites is 1. The maximum atomic E-state index is 12.9. The molecule has 2 saturated heterocycles. The van der Waals surface area contributed by atoms with Gasteiger partial charge in [-0.1, -0.05) is 25.1 Å². The lowest BCUT2D eigenvalue weighted by molar-refractivity contribution is -0.126. The van der Waals surface area contributed by atoms with Crippen LogP contribution < -0.4 is 15.8 Å². The summed E-state index contributed by atoms with van der Waals surface area (Å²) in [6.45, 7) is 6.55. The SMILES string of the molecule is CCCOc1ccccc1CNC(=O)[C@@H]1CC[C@H](N)CN(C2CCOCC2)C1. The summed E-state index contributed by atoms with van der Waals surface area (Å²) in [5.41, 5.74) is 7.33. The first-order valence-corrected chi connectivity index (χ1v) is 10.7. The summed E-state index contributed by atoms with van der Waals surface area (Å²) in [6, 6.07) is 8.56. The molecule has 2 aliphatic heterocycles. The van der Waals surface area contributed by atoms with Crippen LogP contribution in [0.1, 0.15) is 44.6 Å². The van der Waals surface area contributed by atoms with Crippen LogP contribution >= 0.6 is 0 Å². The quantitative estimate of drug-likeness (QED) is 0.748. The van der Waals surface area contributed by atoms with Gasteiger partial charge in [0.2, 0.25) is 5.91 Å². The van der Waals surface area contributed by atoms with Crippen LogP contribution in [0.3, 0.4) is 0 Å². The number of carbonyl (C=O) groups excluding carboxylic acids is 1. The second kappa shape index (κ2) is 10.8. The number of ether oxygens (including phenoxy) is 2. The van der Waals surface area contributed by atoms with Crippen LogP contribution in [0.2, 0.25) is 0 Å². The molecule has 2 aliphatic rings. The van der Waals surface area contributed by atoms with Gasteiger partial charge in [-0.3, -0.25) is 9.69 Å². The van der Waals surface area contributed by atoms with Crippen molar-refractivity contribution in [1.82, 2.24) is 10.2 Å². The van der Waals surface area contributed by atoms with Crippen molar-refractivity contribution in [2.24, 2.45) is 11.7 Å². The van der Waals surface area contributed by atoms with Gasteiger partial charge in [-0.05, 0) is 38.2 Å². The van der Waals surface area contributed by atoms with Gasteiger partial charge in [0.25, 0.3) is 0 Å². The number of carbonyl (C=O) groups is 1. The number of nitrogens with zero attached hydrogens (tertiary/aromatic N) is 1. The number of likely N-dealkylation sites (tertiary alicyclic amines) is 1. The van der Waals surface area contributed by atoms with E-state index in [1.54, 1.807) is 0 Å². The predicted molar refractivity (Wildman–Crippen MR) is 110 cm³/mol. The monoisotopic (exact) mass is 389 g/mol. The summed E-state index contributed by atoms with van der Waals surface area (Å²) in [4.78, 5) is 15.4. The van der Waals surface area contributed by atoms with Gasteiger partial charge in [0, 0.05) is 50.5 Å². The largest absolute Gasteiger partial charge is 0.493 e. The standard InChI is InChI=1S/C22H35N3O3/c1-2-11-28-21-6-4-3-5-17(21)14-24-22(26)18-7-8-19(23)16-25(15-18)20-9-12-27-13-10-20/h3-6,18-20H,2,7-16,23H2,1H3,(H,24,26)/t18-,19+/m1/s1. The molecule has 3 N–H and O–H groups in total. The van der Waals surface area contributed by atoms with Gasteiger partial charge in [0.05, 0.1) is 12.5 Å². The van der Waals surface area contributed by atoms with Gasteiger partial charge in [-0.25, -0.2) is 0 Å². The van der Waals surface area contributed by atoms with Gasteiger partial charge < -0.3 is 20.5 Å². The molecule has 3 rings (SSSR count). The van der Waals surface area contributed by atoms with E-state index < -0.39 is 0 Å². The van der Waals surface area contributed by atoms with Gasteiger partial charge in [-0.15, -0.1) is 0 Å². The molecular weight excluding hydrogens is 354 g/mol. The molecule has 2 heterocycles. The molecule has 0 saturated carbocycles. The third kappa shape index (κ3) is 5.93. The number of nitrogens with one attached hydrogen (secondary N) is 1. The second-order valence-electron chi connectivity index (χ2n) is 8.01. The van der Waals surface area contributed by atoms with Crippen molar-refractivity contribution in [3.05, 3.63) is 29.8 Å². The fourth-order valence-corrected chi connectivity index (χ4v) is 4.15. The number of hydrogen-bond donors (Lipinski definition) is 2. The van der Waals surface area contributed by atoms with Crippen LogP contribution in [-0.4, -0.2) is 55.8 Å². The molecular formula is C22H35N3O3. The van der Waals surface area contributed by atoms with E-state index in [1.807, 2.05) is 24.3 Å². The van der Waals surface area contributed by atoms with E-state index >= 15 is 0 Å². The minimum absolute atomic E-state index is 0.0138. The number of hydrogen-bond acceptors (Lipinski definition) is 5. The summed E-state index contributed by atoms with van der Waals surface area (Å²) in [7, 11) is 0. The fourth-order valence-electron chi connectivity index (χ4n) is 4.15. The Bertz CT molecular complexity index is 619. The highest BCUT2D eigenvalue weighted by Gasteiger charge is 2.31. The zero-order chi connectivity index (χ0) is 19.8. The number of benzene rings is 1. The van der Waals surface area contributed by atoms with E-state index in [1.165, 1.54) is 0 Å². The average Bonchev–Trinajstić information content (AvgIpc) is 2.93. The molecule has 1 aromatic carbocycles. The number of amides is 1. The van der Waals surface area contributed by atoms with E-state index in [0.29, 0.717) is 19.2 Å². The maximum Gasteiger partial charge on any atom is 0.224 e. The Morgan fingerprint density at radius 2 is 2.00 bits per heavy atom. The lowest BCUT2D eigenvalue weighted by Gasteiger charge is -2.35. The van der Waals surface area contributed by atoms with Crippen LogP contribution in [0.4, 0.5) is 0 Å². The normalized spacial score (nSPS) is 24.5. The first kappa shape index (κ1) is 21.1. The van der Waals surface area contributed by atoms with E-state index in [4.69, 9.17) is 15.2 Å². The highest BCUT2D eigenvalue weighted by Crippen LogP contribution is 2.23. The predicted octanol–water partition coefficient (Wildman–Crippen LogP) is 2.31. The van der Waals surface area contributed by atoms with E-state index in [0.717, 1.165) is 69.7 Å². The summed E-state index contributed by atoms with van der Waals surface area (Å²) < 4.78 is 11.3. The summed E-state index contributed by atoms with van der Waals surface area (Å²) in [6.07, 6.45) is 4.77. The highest BCUT2D eigenvalue weighted by atomic mass is 16.5. The molecule has 28 heavy (non-hydrogen) atoms. The minimum atomic E-state index is -0.0138. The smallest absolute Gasteiger partial charge is 0.224 e. The van der Waals surface area contributed by atoms with Crippen molar-refractivity contribution in [2.75, 3.05) is 32.9 Å². The lowest BCUT2D eigenvalue weighted by atomic mass is 10.00. The fraction of sp³-hybridized carbons (Fsp3) is 0.682. The number of rotatable bonds is 7. The Morgan fingerprint density at radius 3 is 2.79 bits per heavy atom. The molecule has 0 aliphatic carbocycles. The Balaban J connectivity index is 1.58. The molecule has 0 radical (unpaired) electrons. The van der Waals surface area contributed by atoms with Crippen molar-refractivity contribution >= 4 is 5.91 Å². The van der Waals surface area contributed by atoms with Crippen LogP contribution in [0, 0.1) is 5.92 Å². The van der Waals surface area contributed by atoms with Crippen molar-refractivity contribution < 1.29 is 14.3 Å². The van der Waals surface area contributed by atoms with Crippen molar-refractivity contribution in [3.8, 4) is 5.75 Å². The first-order chi connectivity index (χ1) is 13.7. The summed E-state index contributed by atoms with van der Waals surface area (Å²) >= 11 is 0. The van der Waals surface area contributed by atoms with Gasteiger partial charge in [-0.2, -0.15) is 0 Å². The first-order valence-electron chi connectivity index (χ1n) is 10.7. The van der Waals surface area contributed by atoms with Crippen LogP contribution in [0.15, 0.2) is 24.3 Å². The summed E-state index contributed by atoms with van der Waals surface area (Å²) in [5, 5.41) is 3.14. The third-order valence-corrected chi connectivity index (χ3v) is 5.78. The molecule has 6 heteroatoms. The maximum absolute atomic E-state index is 12.9. The molecule has 0 aromatic heterocycles. The van der Waals surface area contributed by atoms with E-state index in [9.17, 15) is 4.79 Å². The minimum Gasteiger partial charge on any atom is -0.493 e. The van der Waals surface area contributed by atoms with Crippen molar-refractivity contribution in [3.63, 3.8) is 0 Å². The molecule has 1 aromatic rings. The van der Waals surface area contributed by atoms with Gasteiger partial charge >= 0.3 is 0 Å². The Hall–Kier alpha value is -1.63. The summed E-state index contributed by atoms with van der Waals surface area (Å²) in [5.74, 6) is 0.966.